The van der Waals surface area contributed by atoms with Gasteiger partial charge in [0.15, 0.2) is 0 Å². The predicted octanol–water partition coefficient (Wildman–Crippen LogP) is 3.52. The number of nitrogens with one attached hydrogen (secondary N) is 1. The van der Waals surface area contributed by atoms with Gasteiger partial charge in [-0.1, -0.05) is 43.7 Å². The van der Waals surface area contributed by atoms with Crippen LogP contribution in [0.5, 0.6) is 0 Å². The summed E-state index contributed by atoms with van der Waals surface area (Å²) in [7, 11) is 2.09. The third-order valence-electron chi connectivity index (χ3n) is 3.42. The first-order valence-electron chi connectivity index (χ1n) is 7.49. The van der Waals surface area contributed by atoms with E-state index in [1.165, 1.54) is 16.7 Å². The van der Waals surface area contributed by atoms with Gasteiger partial charge in [-0.3, -0.25) is 0 Å². The van der Waals surface area contributed by atoms with Crippen LogP contribution in [-0.4, -0.2) is 18.1 Å². The highest BCUT2D eigenvalue weighted by atomic mass is 15.2. The standard InChI is InChI=1S/C18H25N3/c1-14(2)20-12-16-8-9-19-18(11-16)21(4)13-17-7-5-6-15(3)10-17/h5-11,14,20H,12-13H2,1-4H3. The summed E-state index contributed by atoms with van der Waals surface area (Å²) in [6.07, 6.45) is 1.89. The van der Waals surface area contributed by atoms with E-state index in [0.717, 1.165) is 18.9 Å². The summed E-state index contributed by atoms with van der Waals surface area (Å²) in [5, 5.41) is 3.44. The van der Waals surface area contributed by atoms with E-state index in [1.54, 1.807) is 0 Å². The second-order valence-corrected chi connectivity index (χ2v) is 5.90. The van der Waals surface area contributed by atoms with Gasteiger partial charge >= 0.3 is 0 Å². The zero-order chi connectivity index (χ0) is 15.2. The Morgan fingerprint density at radius 3 is 2.67 bits per heavy atom. The van der Waals surface area contributed by atoms with Gasteiger partial charge in [0.1, 0.15) is 5.82 Å². The zero-order valence-electron chi connectivity index (χ0n) is 13.4. The first-order chi connectivity index (χ1) is 10.0. The lowest BCUT2D eigenvalue weighted by atomic mass is 10.1. The molecule has 0 aliphatic rings. The van der Waals surface area contributed by atoms with Crippen molar-refractivity contribution < 1.29 is 0 Å². The third-order valence-corrected chi connectivity index (χ3v) is 3.42. The number of pyridine rings is 1. The summed E-state index contributed by atoms with van der Waals surface area (Å²) in [6, 6.07) is 13.3. The minimum Gasteiger partial charge on any atom is -0.355 e. The molecule has 0 saturated carbocycles. The Morgan fingerprint density at radius 1 is 1.14 bits per heavy atom. The molecule has 0 spiro atoms. The fourth-order valence-corrected chi connectivity index (χ4v) is 2.27. The van der Waals surface area contributed by atoms with Crippen molar-refractivity contribution in [1.82, 2.24) is 10.3 Å². The molecule has 1 aromatic carbocycles. The van der Waals surface area contributed by atoms with Crippen LogP contribution in [0.15, 0.2) is 42.6 Å². The van der Waals surface area contributed by atoms with Gasteiger partial charge in [-0.15, -0.1) is 0 Å². The normalized spacial score (nSPS) is 10.9. The fraction of sp³-hybridized carbons (Fsp3) is 0.389. The molecule has 0 aliphatic carbocycles. The quantitative estimate of drug-likeness (QED) is 0.879. The average molecular weight is 283 g/mol. The summed E-state index contributed by atoms with van der Waals surface area (Å²) in [5.41, 5.74) is 3.87. The van der Waals surface area contributed by atoms with Crippen molar-refractivity contribution in [3.63, 3.8) is 0 Å². The highest BCUT2D eigenvalue weighted by Gasteiger charge is 2.05. The van der Waals surface area contributed by atoms with E-state index in [1.807, 2.05) is 6.20 Å². The second-order valence-electron chi connectivity index (χ2n) is 5.90. The molecule has 0 amide bonds. The first-order valence-corrected chi connectivity index (χ1v) is 7.49. The van der Waals surface area contributed by atoms with Crippen LogP contribution in [0.4, 0.5) is 5.82 Å². The minimum absolute atomic E-state index is 0.492. The number of aromatic nitrogens is 1. The Bertz CT molecular complexity index is 578. The lowest BCUT2D eigenvalue weighted by molar-refractivity contribution is 0.588. The van der Waals surface area contributed by atoms with Gasteiger partial charge in [0.05, 0.1) is 0 Å². The predicted molar refractivity (Wildman–Crippen MR) is 89.5 cm³/mol. The Kier molecular flexibility index (Phi) is 5.34. The van der Waals surface area contributed by atoms with Gasteiger partial charge in [0, 0.05) is 32.4 Å². The molecule has 1 heterocycles. The van der Waals surface area contributed by atoms with E-state index in [4.69, 9.17) is 0 Å². The molecule has 3 nitrogen and oxygen atoms in total. The summed E-state index contributed by atoms with van der Waals surface area (Å²) in [6.45, 7) is 8.19. The summed E-state index contributed by atoms with van der Waals surface area (Å²) < 4.78 is 0. The Hall–Kier alpha value is -1.87. The van der Waals surface area contributed by atoms with Gasteiger partial charge in [0.25, 0.3) is 0 Å². The van der Waals surface area contributed by atoms with Crippen molar-refractivity contribution in [3.05, 3.63) is 59.3 Å². The Morgan fingerprint density at radius 2 is 1.95 bits per heavy atom. The molecule has 0 unspecified atom stereocenters. The molecular weight excluding hydrogens is 258 g/mol. The van der Waals surface area contributed by atoms with Crippen molar-refractivity contribution in [2.75, 3.05) is 11.9 Å². The number of benzene rings is 1. The van der Waals surface area contributed by atoms with Gasteiger partial charge in [-0.05, 0) is 30.2 Å². The van der Waals surface area contributed by atoms with Gasteiger partial charge in [0.2, 0.25) is 0 Å². The molecule has 3 heteroatoms. The fourth-order valence-electron chi connectivity index (χ4n) is 2.27. The highest BCUT2D eigenvalue weighted by Crippen LogP contribution is 2.15. The van der Waals surface area contributed by atoms with E-state index in [9.17, 15) is 0 Å². The molecule has 112 valence electrons. The third kappa shape index (κ3) is 4.87. The molecule has 1 aromatic heterocycles. The molecule has 2 aromatic rings. The maximum atomic E-state index is 4.48. The van der Waals surface area contributed by atoms with Crippen molar-refractivity contribution in [2.45, 2.75) is 39.9 Å². The SMILES string of the molecule is Cc1cccc(CN(C)c2cc(CNC(C)C)ccn2)c1. The highest BCUT2D eigenvalue weighted by molar-refractivity contribution is 5.41. The summed E-state index contributed by atoms with van der Waals surface area (Å²) in [5.74, 6) is 1.01. The van der Waals surface area contributed by atoms with Crippen LogP contribution < -0.4 is 10.2 Å². The van der Waals surface area contributed by atoms with E-state index in [-0.39, 0.29) is 0 Å². The molecule has 21 heavy (non-hydrogen) atoms. The van der Waals surface area contributed by atoms with E-state index >= 15 is 0 Å². The van der Waals surface area contributed by atoms with Crippen LogP contribution in [0.3, 0.4) is 0 Å². The van der Waals surface area contributed by atoms with Crippen LogP contribution in [-0.2, 0) is 13.1 Å². The smallest absolute Gasteiger partial charge is 0.128 e. The lowest BCUT2D eigenvalue weighted by Gasteiger charge is -2.19. The van der Waals surface area contributed by atoms with Crippen molar-refractivity contribution in [2.24, 2.45) is 0 Å². The summed E-state index contributed by atoms with van der Waals surface area (Å²) in [4.78, 5) is 6.67. The van der Waals surface area contributed by atoms with E-state index in [0.29, 0.717) is 6.04 Å². The molecule has 2 rings (SSSR count). The van der Waals surface area contributed by atoms with Crippen molar-refractivity contribution >= 4 is 5.82 Å². The maximum Gasteiger partial charge on any atom is 0.128 e. The lowest BCUT2D eigenvalue weighted by Crippen LogP contribution is -2.22. The number of rotatable bonds is 6. The van der Waals surface area contributed by atoms with Gasteiger partial charge in [-0.25, -0.2) is 4.98 Å². The average Bonchev–Trinajstić information content (AvgIpc) is 2.45. The minimum atomic E-state index is 0.492. The molecule has 0 aliphatic heterocycles. The molecule has 0 fully saturated rings. The van der Waals surface area contributed by atoms with Crippen LogP contribution in [0.2, 0.25) is 0 Å². The molecule has 0 atom stereocenters. The summed E-state index contributed by atoms with van der Waals surface area (Å²) >= 11 is 0. The van der Waals surface area contributed by atoms with E-state index in [2.05, 4.69) is 79.4 Å². The van der Waals surface area contributed by atoms with Gasteiger partial charge in [-0.2, -0.15) is 0 Å². The monoisotopic (exact) mass is 283 g/mol. The molecule has 1 N–H and O–H groups in total. The number of hydrogen-bond donors (Lipinski definition) is 1. The Balaban J connectivity index is 2.05. The van der Waals surface area contributed by atoms with Crippen LogP contribution in [0.25, 0.3) is 0 Å². The number of anilines is 1. The second kappa shape index (κ2) is 7.23. The first kappa shape index (κ1) is 15.5. The topological polar surface area (TPSA) is 28.2 Å². The van der Waals surface area contributed by atoms with Crippen molar-refractivity contribution in [3.8, 4) is 0 Å². The van der Waals surface area contributed by atoms with Crippen LogP contribution in [0, 0.1) is 6.92 Å². The molecule has 0 bridgehead atoms. The Labute approximate surface area is 128 Å². The van der Waals surface area contributed by atoms with E-state index < -0.39 is 0 Å². The maximum absolute atomic E-state index is 4.48. The van der Waals surface area contributed by atoms with Crippen LogP contribution in [0.1, 0.15) is 30.5 Å². The number of nitrogens with zero attached hydrogens (tertiary/aromatic N) is 2. The van der Waals surface area contributed by atoms with Gasteiger partial charge < -0.3 is 10.2 Å². The number of aryl methyl sites for hydroxylation is 1. The molecular formula is C18H25N3. The van der Waals surface area contributed by atoms with Crippen LogP contribution >= 0.6 is 0 Å². The number of hydrogen-bond acceptors (Lipinski definition) is 3. The molecule has 0 radical (unpaired) electrons. The largest absolute Gasteiger partial charge is 0.355 e. The van der Waals surface area contributed by atoms with Crippen molar-refractivity contribution in [1.29, 1.82) is 0 Å². The zero-order valence-corrected chi connectivity index (χ0v) is 13.4. The molecule has 0 saturated heterocycles.